The van der Waals surface area contributed by atoms with E-state index in [1.165, 1.54) is 0 Å². The monoisotopic (exact) mass is 371 g/mol. The van der Waals surface area contributed by atoms with Gasteiger partial charge in [-0.1, -0.05) is 18.5 Å². The van der Waals surface area contributed by atoms with Gasteiger partial charge < -0.3 is 10.5 Å². The summed E-state index contributed by atoms with van der Waals surface area (Å²) in [4.78, 5) is 0. The average molecular weight is 373 g/mol. The number of aryl methyl sites for hydroxylation is 2. The smallest absolute Gasteiger partial charge is 0.131 e. The van der Waals surface area contributed by atoms with Gasteiger partial charge in [-0.05, 0) is 59.1 Å². The molecule has 1 aromatic heterocycles. The van der Waals surface area contributed by atoms with Crippen molar-refractivity contribution in [3.05, 3.63) is 44.6 Å². The van der Waals surface area contributed by atoms with Crippen molar-refractivity contribution in [2.45, 2.75) is 26.4 Å². The first-order valence-corrected chi connectivity index (χ1v) is 8.05. The Hall–Kier alpha value is -1.04. The number of nitrogens with two attached hydrogens (primary N) is 1. The number of hydrogen-bond donors (Lipinski definition) is 1. The molecule has 4 nitrogen and oxygen atoms in total. The van der Waals surface area contributed by atoms with E-state index in [0.29, 0.717) is 18.2 Å². The standard InChI is InChI=1S/C15H19BrClN3O/c1-3-12-15(16)13(20(2)19-12)9-21-14-5-4-11(17)8-10(14)6-7-18/h4-5,8H,3,6-7,9,18H2,1-2H3. The molecule has 21 heavy (non-hydrogen) atoms. The van der Waals surface area contributed by atoms with Gasteiger partial charge >= 0.3 is 0 Å². The summed E-state index contributed by atoms with van der Waals surface area (Å²) in [6.45, 7) is 3.09. The Balaban J connectivity index is 2.18. The van der Waals surface area contributed by atoms with Crippen molar-refractivity contribution in [1.82, 2.24) is 9.78 Å². The van der Waals surface area contributed by atoms with Crippen molar-refractivity contribution in [2.24, 2.45) is 12.8 Å². The second-order valence-corrected chi connectivity index (χ2v) is 5.99. The first kappa shape index (κ1) is 16.3. The molecule has 0 amide bonds. The summed E-state index contributed by atoms with van der Waals surface area (Å²) in [6.07, 6.45) is 1.62. The summed E-state index contributed by atoms with van der Waals surface area (Å²) >= 11 is 9.62. The number of halogens is 2. The van der Waals surface area contributed by atoms with Crippen LogP contribution in [0.2, 0.25) is 5.02 Å². The lowest BCUT2D eigenvalue weighted by Gasteiger charge is -2.12. The molecule has 114 valence electrons. The third kappa shape index (κ3) is 3.78. The van der Waals surface area contributed by atoms with Gasteiger partial charge in [0.25, 0.3) is 0 Å². The largest absolute Gasteiger partial charge is 0.487 e. The lowest BCUT2D eigenvalue weighted by atomic mass is 10.1. The molecule has 0 saturated carbocycles. The second-order valence-electron chi connectivity index (χ2n) is 4.76. The first-order chi connectivity index (χ1) is 10.1. The van der Waals surface area contributed by atoms with E-state index >= 15 is 0 Å². The molecule has 0 saturated heterocycles. The van der Waals surface area contributed by atoms with Gasteiger partial charge in [-0.2, -0.15) is 5.10 Å². The lowest BCUT2D eigenvalue weighted by molar-refractivity contribution is 0.291. The first-order valence-electron chi connectivity index (χ1n) is 6.88. The van der Waals surface area contributed by atoms with Crippen LogP contribution in [0.15, 0.2) is 22.7 Å². The van der Waals surface area contributed by atoms with Crippen molar-refractivity contribution in [1.29, 1.82) is 0 Å². The number of nitrogens with zero attached hydrogens (tertiary/aromatic N) is 2. The maximum Gasteiger partial charge on any atom is 0.131 e. The van der Waals surface area contributed by atoms with Crippen LogP contribution in [-0.4, -0.2) is 16.3 Å². The van der Waals surface area contributed by atoms with Crippen LogP contribution < -0.4 is 10.5 Å². The van der Waals surface area contributed by atoms with Crippen LogP contribution in [0, 0.1) is 0 Å². The van der Waals surface area contributed by atoms with Crippen LogP contribution in [0.25, 0.3) is 0 Å². The zero-order valence-corrected chi connectivity index (χ0v) is 14.5. The summed E-state index contributed by atoms with van der Waals surface area (Å²) in [7, 11) is 1.92. The van der Waals surface area contributed by atoms with Crippen molar-refractivity contribution in [2.75, 3.05) is 6.54 Å². The summed E-state index contributed by atoms with van der Waals surface area (Å²) in [5.74, 6) is 0.816. The molecule has 1 heterocycles. The third-order valence-corrected chi connectivity index (χ3v) is 4.45. The Morgan fingerprint density at radius 2 is 2.19 bits per heavy atom. The predicted octanol–water partition coefficient (Wildman–Crippen LogP) is 3.48. The van der Waals surface area contributed by atoms with Gasteiger partial charge in [0.05, 0.1) is 15.9 Å². The van der Waals surface area contributed by atoms with Gasteiger partial charge in [0.2, 0.25) is 0 Å². The van der Waals surface area contributed by atoms with Crippen molar-refractivity contribution in [3.63, 3.8) is 0 Å². The highest BCUT2D eigenvalue weighted by Crippen LogP contribution is 2.26. The summed E-state index contributed by atoms with van der Waals surface area (Å²) < 4.78 is 8.81. The Kier molecular flexibility index (Phi) is 5.67. The maximum absolute atomic E-state index is 6.02. The fraction of sp³-hybridized carbons (Fsp3) is 0.400. The topological polar surface area (TPSA) is 53.1 Å². The summed E-state index contributed by atoms with van der Waals surface area (Å²) in [6, 6.07) is 5.62. The Bertz CT molecular complexity index is 628. The molecule has 0 unspecified atom stereocenters. The van der Waals surface area contributed by atoms with E-state index in [2.05, 4.69) is 28.0 Å². The molecular formula is C15H19BrClN3O. The molecule has 0 spiro atoms. The SMILES string of the molecule is CCc1nn(C)c(COc2ccc(Cl)cc2CCN)c1Br. The highest BCUT2D eigenvalue weighted by atomic mass is 79.9. The highest BCUT2D eigenvalue weighted by Gasteiger charge is 2.14. The number of benzene rings is 1. The fourth-order valence-electron chi connectivity index (χ4n) is 2.16. The molecule has 0 radical (unpaired) electrons. The van der Waals surface area contributed by atoms with Gasteiger partial charge in [-0.3, -0.25) is 4.68 Å². The number of aromatic nitrogens is 2. The molecule has 2 rings (SSSR count). The van der Waals surface area contributed by atoms with E-state index in [1.54, 1.807) is 0 Å². The second kappa shape index (κ2) is 7.29. The third-order valence-electron chi connectivity index (χ3n) is 3.30. The Morgan fingerprint density at radius 1 is 1.43 bits per heavy atom. The van der Waals surface area contributed by atoms with Crippen LogP contribution >= 0.6 is 27.5 Å². The lowest BCUT2D eigenvalue weighted by Crippen LogP contribution is -2.07. The van der Waals surface area contributed by atoms with E-state index < -0.39 is 0 Å². The van der Waals surface area contributed by atoms with Gasteiger partial charge in [0.15, 0.2) is 0 Å². The highest BCUT2D eigenvalue weighted by molar-refractivity contribution is 9.10. The number of hydrogen-bond acceptors (Lipinski definition) is 3. The quantitative estimate of drug-likeness (QED) is 0.844. The van der Waals surface area contributed by atoms with E-state index in [1.807, 2.05) is 29.9 Å². The minimum Gasteiger partial charge on any atom is -0.487 e. The van der Waals surface area contributed by atoms with Crippen LogP contribution in [0.3, 0.4) is 0 Å². The van der Waals surface area contributed by atoms with Gasteiger partial charge in [-0.25, -0.2) is 0 Å². The fourth-order valence-corrected chi connectivity index (χ4v) is 3.09. The van der Waals surface area contributed by atoms with E-state index in [4.69, 9.17) is 22.1 Å². The zero-order chi connectivity index (χ0) is 15.4. The molecule has 0 bridgehead atoms. The molecule has 0 fully saturated rings. The summed E-state index contributed by atoms with van der Waals surface area (Å²) in [5.41, 5.74) is 8.71. The molecule has 0 atom stereocenters. The Morgan fingerprint density at radius 3 is 2.81 bits per heavy atom. The molecule has 2 N–H and O–H groups in total. The van der Waals surface area contributed by atoms with Crippen LogP contribution in [-0.2, 0) is 26.5 Å². The minimum atomic E-state index is 0.448. The molecule has 2 aromatic rings. The van der Waals surface area contributed by atoms with Gasteiger partial charge in [-0.15, -0.1) is 0 Å². The zero-order valence-electron chi connectivity index (χ0n) is 12.2. The average Bonchev–Trinajstić information content (AvgIpc) is 2.73. The molecule has 6 heteroatoms. The van der Waals surface area contributed by atoms with Crippen molar-refractivity contribution in [3.8, 4) is 5.75 Å². The molecule has 0 aliphatic heterocycles. The van der Waals surface area contributed by atoms with Crippen molar-refractivity contribution < 1.29 is 4.74 Å². The van der Waals surface area contributed by atoms with Crippen molar-refractivity contribution >= 4 is 27.5 Å². The van der Waals surface area contributed by atoms with E-state index in [0.717, 1.165) is 40.0 Å². The number of ether oxygens (including phenoxy) is 1. The maximum atomic E-state index is 6.02. The minimum absolute atomic E-state index is 0.448. The molecule has 0 aliphatic carbocycles. The number of rotatable bonds is 6. The van der Waals surface area contributed by atoms with E-state index in [-0.39, 0.29) is 0 Å². The van der Waals surface area contributed by atoms with Gasteiger partial charge in [0.1, 0.15) is 12.4 Å². The van der Waals surface area contributed by atoms with Crippen LogP contribution in [0.1, 0.15) is 23.9 Å². The van der Waals surface area contributed by atoms with E-state index in [9.17, 15) is 0 Å². The molecular weight excluding hydrogens is 354 g/mol. The van der Waals surface area contributed by atoms with Crippen LogP contribution in [0.5, 0.6) is 5.75 Å². The normalized spacial score (nSPS) is 10.9. The van der Waals surface area contributed by atoms with Gasteiger partial charge in [0, 0.05) is 12.1 Å². The molecule has 1 aromatic carbocycles. The summed E-state index contributed by atoms with van der Waals surface area (Å²) in [5, 5.41) is 5.16. The predicted molar refractivity (Wildman–Crippen MR) is 88.8 cm³/mol. The van der Waals surface area contributed by atoms with Crippen LogP contribution in [0.4, 0.5) is 0 Å². The molecule has 0 aliphatic rings. The Labute approximate surface area is 138 Å².